The lowest BCUT2D eigenvalue weighted by molar-refractivity contribution is 0.392. The first kappa shape index (κ1) is 7.36. The molecular weight excluding hydrogens is 172 g/mol. The molecule has 1 aromatic heterocycles. The number of aromatic nitrogens is 2. The van der Waals surface area contributed by atoms with Crippen molar-refractivity contribution in [2.45, 2.75) is 9.92 Å². The zero-order valence-corrected chi connectivity index (χ0v) is 6.99. The first-order valence-electron chi connectivity index (χ1n) is 3.45. The minimum Gasteiger partial charge on any atom is -0.344 e. The summed E-state index contributed by atoms with van der Waals surface area (Å²) in [7, 11) is 0. The molecule has 1 aromatic carbocycles. The van der Waals surface area contributed by atoms with Crippen molar-refractivity contribution in [3.63, 3.8) is 0 Å². The first-order chi connectivity index (χ1) is 5.95. The van der Waals surface area contributed by atoms with Crippen molar-refractivity contribution in [1.82, 2.24) is 10.4 Å². The Labute approximate surface area is 73.8 Å². The molecule has 0 aliphatic rings. The third-order valence-corrected chi connectivity index (χ3v) is 2.20. The van der Waals surface area contributed by atoms with Crippen molar-refractivity contribution in [3.05, 3.63) is 36.6 Å². The van der Waals surface area contributed by atoms with Crippen molar-refractivity contribution in [3.8, 4) is 0 Å². The molecule has 0 bridgehead atoms. The lowest BCUT2D eigenvalue weighted by Crippen LogP contribution is -1.72. The highest BCUT2D eigenvalue weighted by molar-refractivity contribution is 7.99. The Kier molecular flexibility index (Phi) is 2.09. The summed E-state index contributed by atoms with van der Waals surface area (Å²) in [4.78, 5) is 1.13. The molecule has 2 rings (SSSR count). The van der Waals surface area contributed by atoms with E-state index in [2.05, 4.69) is 14.9 Å². The van der Waals surface area contributed by atoms with Gasteiger partial charge in [0.1, 0.15) is 0 Å². The molecule has 4 heteroatoms. The Morgan fingerprint density at radius 2 is 2.00 bits per heavy atom. The number of benzene rings is 1. The van der Waals surface area contributed by atoms with E-state index in [4.69, 9.17) is 0 Å². The van der Waals surface area contributed by atoms with Crippen LogP contribution in [-0.4, -0.2) is 10.4 Å². The zero-order chi connectivity index (χ0) is 8.23. The quantitative estimate of drug-likeness (QED) is 0.706. The van der Waals surface area contributed by atoms with Gasteiger partial charge in [0.05, 0.1) is 0 Å². The third-order valence-electron chi connectivity index (χ3n) is 1.31. The highest BCUT2D eigenvalue weighted by Crippen LogP contribution is 2.24. The van der Waals surface area contributed by atoms with Crippen LogP contribution in [0.3, 0.4) is 0 Å². The Balaban J connectivity index is 2.15. The zero-order valence-electron chi connectivity index (χ0n) is 6.18. The van der Waals surface area contributed by atoms with Gasteiger partial charge >= 0.3 is 0 Å². The normalized spacial score (nSPS) is 10.0. The fraction of sp³-hybridized carbons (Fsp3) is 0. The molecule has 0 fully saturated rings. The number of hydrogen-bond acceptors (Lipinski definition) is 4. The van der Waals surface area contributed by atoms with Crippen LogP contribution in [0, 0.1) is 0 Å². The third kappa shape index (κ3) is 1.65. The van der Waals surface area contributed by atoms with E-state index < -0.39 is 0 Å². The molecule has 0 atom stereocenters. The van der Waals surface area contributed by atoms with Crippen molar-refractivity contribution in [2.24, 2.45) is 0 Å². The average Bonchev–Trinajstić information content (AvgIpc) is 2.59. The summed E-state index contributed by atoms with van der Waals surface area (Å²) < 4.78 is 4.60. The van der Waals surface area contributed by atoms with Crippen LogP contribution in [0.5, 0.6) is 0 Å². The van der Waals surface area contributed by atoms with Gasteiger partial charge in [-0.15, -0.1) is 5.10 Å². The van der Waals surface area contributed by atoms with Crippen molar-refractivity contribution >= 4 is 11.8 Å². The Morgan fingerprint density at radius 1 is 1.17 bits per heavy atom. The predicted octanol–water partition coefficient (Wildman–Crippen LogP) is 2.22. The molecule has 0 saturated heterocycles. The van der Waals surface area contributed by atoms with E-state index in [0.29, 0.717) is 0 Å². The monoisotopic (exact) mass is 178 g/mol. The van der Waals surface area contributed by atoms with Crippen LogP contribution in [0.1, 0.15) is 0 Å². The molecule has 0 N–H and O–H groups in total. The van der Waals surface area contributed by atoms with Crippen molar-refractivity contribution in [1.29, 1.82) is 0 Å². The maximum Gasteiger partial charge on any atom is 0.165 e. The second-order valence-corrected chi connectivity index (χ2v) is 3.25. The van der Waals surface area contributed by atoms with Crippen LogP contribution in [0.2, 0.25) is 0 Å². The van der Waals surface area contributed by atoms with Crippen LogP contribution in [0.15, 0.2) is 51.0 Å². The summed E-state index contributed by atoms with van der Waals surface area (Å²) in [5.74, 6) is 0. The van der Waals surface area contributed by atoms with E-state index in [1.54, 1.807) is 0 Å². The first-order valence-corrected chi connectivity index (χ1v) is 4.27. The van der Waals surface area contributed by atoms with E-state index in [0.717, 1.165) is 9.92 Å². The van der Waals surface area contributed by atoms with Crippen LogP contribution in [-0.2, 0) is 0 Å². The highest BCUT2D eigenvalue weighted by atomic mass is 32.2. The van der Waals surface area contributed by atoms with E-state index in [1.807, 2.05) is 30.3 Å². The van der Waals surface area contributed by atoms with Gasteiger partial charge in [0.2, 0.25) is 0 Å². The summed E-state index contributed by atoms with van der Waals surface area (Å²) in [6.07, 6.45) is 1.53. The predicted molar refractivity (Wildman–Crippen MR) is 44.9 cm³/mol. The second-order valence-electron chi connectivity index (χ2n) is 2.16. The van der Waals surface area contributed by atoms with Crippen LogP contribution in [0.25, 0.3) is 0 Å². The molecular formula is C8H6N2OS. The fourth-order valence-electron chi connectivity index (χ4n) is 0.810. The summed E-state index contributed by atoms with van der Waals surface area (Å²) in [6.45, 7) is 0. The van der Waals surface area contributed by atoms with Gasteiger partial charge in [0.15, 0.2) is 11.3 Å². The van der Waals surface area contributed by atoms with Crippen LogP contribution in [0.4, 0.5) is 0 Å². The number of rotatable bonds is 2. The highest BCUT2D eigenvalue weighted by Gasteiger charge is 1.98. The van der Waals surface area contributed by atoms with E-state index in [1.165, 1.54) is 18.0 Å². The second kappa shape index (κ2) is 3.40. The van der Waals surface area contributed by atoms with E-state index >= 15 is 0 Å². The molecule has 0 saturated carbocycles. The number of nitrogens with zero attached hydrogens (tertiary/aromatic N) is 2. The lowest BCUT2D eigenvalue weighted by Gasteiger charge is -1.93. The molecule has 12 heavy (non-hydrogen) atoms. The summed E-state index contributed by atoms with van der Waals surface area (Å²) in [5.41, 5.74) is 0. The topological polar surface area (TPSA) is 38.9 Å². The molecule has 0 aliphatic carbocycles. The average molecular weight is 178 g/mol. The van der Waals surface area contributed by atoms with Crippen molar-refractivity contribution < 1.29 is 4.52 Å². The van der Waals surface area contributed by atoms with Gasteiger partial charge in [-0.05, 0) is 12.1 Å². The summed E-state index contributed by atoms with van der Waals surface area (Å²) in [5, 5.41) is 7.91. The standard InChI is InChI=1S/C8H6N2OS/c1-2-4-7(5-3-1)12-8-6-11-10-9-8/h1-6H. The number of hydrogen-bond donors (Lipinski definition) is 0. The molecule has 0 amide bonds. The van der Waals surface area contributed by atoms with Crippen molar-refractivity contribution in [2.75, 3.05) is 0 Å². The van der Waals surface area contributed by atoms with E-state index in [9.17, 15) is 0 Å². The lowest BCUT2D eigenvalue weighted by atomic mass is 10.4. The molecule has 0 radical (unpaired) electrons. The molecule has 3 nitrogen and oxygen atoms in total. The maximum absolute atomic E-state index is 4.60. The molecule has 2 aromatic rings. The largest absolute Gasteiger partial charge is 0.344 e. The maximum atomic E-state index is 4.60. The Morgan fingerprint density at radius 3 is 2.67 bits per heavy atom. The van der Waals surface area contributed by atoms with Gasteiger partial charge in [0.25, 0.3) is 0 Å². The van der Waals surface area contributed by atoms with Gasteiger partial charge in [0, 0.05) is 10.2 Å². The molecule has 1 heterocycles. The van der Waals surface area contributed by atoms with Gasteiger partial charge in [-0.1, -0.05) is 30.0 Å². The smallest absolute Gasteiger partial charge is 0.165 e. The van der Waals surface area contributed by atoms with Gasteiger partial charge in [-0.3, -0.25) is 0 Å². The van der Waals surface area contributed by atoms with Gasteiger partial charge < -0.3 is 4.52 Å². The van der Waals surface area contributed by atoms with E-state index in [-0.39, 0.29) is 0 Å². The SMILES string of the molecule is c1ccc(Sc2conn2)cc1. The molecule has 60 valence electrons. The Hall–Kier alpha value is -1.29. The fourth-order valence-corrected chi connectivity index (χ4v) is 1.51. The van der Waals surface area contributed by atoms with Gasteiger partial charge in [-0.2, -0.15) is 0 Å². The minimum atomic E-state index is 0.779. The van der Waals surface area contributed by atoms with Crippen LogP contribution < -0.4 is 0 Å². The molecule has 0 aliphatic heterocycles. The summed E-state index contributed by atoms with van der Waals surface area (Å²) in [6, 6.07) is 9.97. The summed E-state index contributed by atoms with van der Waals surface area (Å²) >= 11 is 1.53. The minimum absolute atomic E-state index is 0.779. The molecule has 0 spiro atoms. The Bertz CT molecular complexity index is 333. The van der Waals surface area contributed by atoms with Crippen LogP contribution >= 0.6 is 11.8 Å². The molecule has 0 unspecified atom stereocenters. The van der Waals surface area contributed by atoms with Gasteiger partial charge in [-0.25, -0.2) is 0 Å².